The maximum Gasteiger partial charge on any atom is 0.269 e. The molecule has 0 fully saturated rings. The monoisotopic (exact) mass is 508 g/mol. The van der Waals surface area contributed by atoms with Crippen LogP contribution in [-0.4, -0.2) is 22.8 Å². The fourth-order valence-electron chi connectivity index (χ4n) is 3.03. The molecule has 4 aromatic rings. The molecule has 0 aliphatic rings. The van der Waals surface area contributed by atoms with Gasteiger partial charge in [0.1, 0.15) is 4.88 Å². The lowest BCUT2D eigenvalue weighted by atomic mass is 10.2. The number of anilines is 1. The summed E-state index contributed by atoms with van der Waals surface area (Å²) in [5, 5.41) is 6.31. The summed E-state index contributed by atoms with van der Waals surface area (Å²) in [6, 6.07) is 22.5. The van der Waals surface area contributed by atoms with E-state index in [9.17, 15) is 14.4 Å². The summed E-state index contributed by atoms with van der Waals surface area (Å²) in [4.78, 5) is 37.4. The van der Waals surface area contributed by atoms with E-state index < -0.39 is 11.8 Å². The van der Waals surface area contributed by atoms with Crippen LogP contribution >= 0.6 is 35.2 Å². The minimum absolute atomic E-state index is 0.0846. The highest BCUT2D eigenvalue weighted by molar-refractivity contribution is 7.80. The number of carbonyl (C=O) groups excluding carboxylic acids is 3. The van der Waals surface area contributed by atoms with Crippen molar-refractivity contribution in [1.82, 2.24) is 16.2 Å². The number of rotatable bonds is 4. The fourth-order valence-corrected chi connectivity index (χ4v) is 4.59. The van der Waals surface area contributed by atoms with E-state index in [-0.39, 0.29) is 11.0 Å². The van der Waals surface area contributed by atoms with Gasteiger partial charge in [-0.25, -0.2) is 0 Å². The van der Waals surface area contributed by atoms with E-state index in [1.54, 1.807) is 48.5 Å². The quantitative estimate of drug-likeness (QED) is 0.235. The van der Waals surface area contributed by atoms with Crippen LogP contribution in [0.25, 0.3) is 10.1 Å². The third-order valence-electron chi connectivity index (χ3n) is 4.70. The van der Waals surface area contributed by atoms with Crippen LogP contribution in [0.5, 0.6) is 0 Å². The molecule has 7 nitrogen and oxygen atoms in total. The normalized spacial score (nSPS) is 10.4. The van der Waals surface area contributed by atoms with E-state index >= 15 is 0 Å². The van der Waals surface area contributed by atoms with Crippen molar-refractivity contribution in [3.63, 3.8) is 0 Å². The van der Waals surface area contributed by atoms with Crippen LogP contribution in [0.1, 0.15) is 30.4 Å². The van der Waals surface area contributed by atoms with Crippen molar-refractivity contribution in [2.24, 2.45) is 0 Å². The minimum atomic E-state index is -0.476. The predicted octanol–water partition coefficient (Wildman–Crippen LogP) is 4.76. The Balaban J connectivity index is 1.29. The van der Waals surface area contributed by atoms with Gasteiger partial charge in [0.05, 0.1) is 5.02 Å². The molecular weight excluding hydrogens is 492 g/mol. The maximum atomic E-state index is 12.5. The van der Waals surface area contributed by atoms with Crippen LogP contribution in [0.4, 0.5) is 5.69 Å². The Labute approximate surface area is 209 Å². The topological polar surface area (TPSA) is 99.3 Å². The van der Waals surface area contributed by atoms with Gasteiger partial charge in [0.15, 0.2) is 5.11 Å². The number of thiocarbonyl (C=S) groups is 1. The fraction of sp³-hybridized carbons (Fsp3) is 0. The molecule has 170 valence electrons. The summed E-state index contributed by atoms with van der Waals surface area (Å²) in [5.41, 5.74) is 6.31. The molecule has 0 saturated carbocycles. The number of hydrogen-bond donors (Lipinski definition) is 4. The molecule has 0 spiro atoms. The molecule has 1 aromatic heterocycles. The van der Waals surface area contributed by atoms with E-state index in [1.165, 1.54) is 11.3 Å². The van der Waals surface area contributed by atoms with Crippen molar-refractivity contribution in [1.29, 1.82) is 0 Å². The summed E-state index contributed by atoms with van der Waals surface area (Å²) in [6.07, 6.45) is 0. The average molecular weight is 509 g/mol. The Hall–Kier alpha value is -3.79. The smallest absolute Gasteiger partial charge is 0.269 e. The average Bonchev–Trinajstić information content (AvgIpc) is 3.20. The number of fused-ring (bicyclic) bond motifs is 1. The summed E-state index contributed by atoms with van der Waals surface area (Å²) in [5.74, 6) is -1.20. The van der Waals surface area contributed by atoms with Crippen LogP contribution in [0.2, 0.25) is 5.02 Å². The molecule has 10 heteroatoms. The Morgan fingerprint density at radius 3 is 2.09 bits per heavy atom. The summed E-state index contributed by atoms with van der Waals surface area (Å²) < 4.78 is 0.883. The van der Waals surface area contributed by atoms with Gasteiger partial charge in [-0.1, -0.05) is 48.0 Å². The molecule has 0 radical (unpaired) electrons. The van der Waals surface area contributed by atoms with Gasteiger partial charge in [-0.3, -0.25) is 30.6 Å². The van der Waals surface area contributed by atoms with Crippen LogP contribution in [0.15, 0.2) is 78.9 Å². The molecule has 0 saturated heterocycles. The van der Waals surface area contributed by atoms with Crippen molar-refractivity contribution in [2.45, 2.75) is 0 Å². The number of thiophene rings is 1. The Morgan fingerprint density at radius 2 is 1.38 bits per heavy atom. The highest BCUT2D eigenvalue weighted by Crippen LogP contribution is 2.34. The lowest BCUT2D eigenvalue weighted by molar-refractivity contribution is 0.0935. The summed E-state index contributed by atoms with van der Waals surface area (Å²) >= 11 is 12.7. The van der Waals surface area contributed by atoms with Gasteiger partial charge in [-0.15, -0.1) is 11.3 Å². The first-order valence-electron chi connectivity index (χ1n) is 9.97. The largest absolute Gasteiger partial charge is 0.322 e. The molecule has 4 N–H and O–H groups in total. The Bertz CT molecular complexity index is 1390. The van der Waals surface area contributed by atoms with Crippen molar-refractivity contribution < 1.29 is 14.4 Å². The molecule has 0 atom stereocenters. The van der Waals surface area contributed by atoms with Crippen molar-refractivity contribution in [2.75, 3.05) is 5.32 Å². The first kappa shape index (κ1) is 23.4. The number of hydrogen-bond acceptors (Lipinski definition) is 5. The lowest BCUT2D eigenvalue weighted by Gasteiger charge is -2.11. The molecule has 0 unspecified atom stereocenters. The Morgan fingerprint density at radius 1 is 0.735 bits per heavy atom. The number of hydrazine groups is 1. The first-order valence-corrected chi connectivity index (χ1v) is 11.6. The zero-order chi connectivity index (χ0) is 24.1. The van der Waals surface area contributed by atoms with Gasteiger partial charge >= 0.3 is 0 Å². The molecule has 1 heterocycles. The minimum Gasteiger partial charge on any atom is -0.322 e. The second kappa shape index (κ2) is 10.4. The van der Waals surface area contributed by atoms with E-state index in [2.05, 4.69) is 21.5 Å². The first-order chi connectivity index (χ1) is 16.4. The van der Waals surface area contributed by atoms with Crippen LogP contribution in [0.3, 0.4) is 0 Å². The van der Waals surface area contributed by atoms with Gasteiger partial charge in [0.25, 0.3) is 17.7 Å². The lowest BCUT2D eigenvalue weighted by Crippen LogP contribution is -2.48. The summed E-state index contributed by atoms with van der Waals surface area (Å²) in [7, 11) is 0. The second-order valence-electron chi connectivity index (χ2n) is 7.00. The third kappa shape index (κ3) is 5.40. The third-order valence-corrected chi connectivity index (χ3v) is 6.58. The molecule has 0 aliphatic carbocycles. The van der Waals surface area contributed by atoms with E-state index in [4.69, 9.17) is 23.8 Å². The zero-order valence-corrected chi connectivity index (χ0v) is 19.8. The Kier molecular flexibility index (Phi) is 7.17. The number of nitrogens with one attached hydrogen (secondary N) is 4. The molecular formula is C24H17ClN4O3S2. The van der Waals surface area contributed by atoms with Gasteiger partial charge < -0.3 is 5.32 Å². The second-order valence-corrected chi connectivity index (χ2v) is 8.84. The summed E-state index contributed by atoms with van der Waals surface area (Å²) in [6.45, 7) is 0. The number of carbonyl (C=O) groups is 3. The van der Waals surface area contributed by atoms with E-state index in [0.717, 1.165) is 10.1 Å². The standard InChI is InChI=1S/C24H17ClN4O3S2/c25-19-17-8-4-5-9-18(17)34-20(19)23(32)27-24(33)29-28-22(31)15-10-12-16(13-11-15)26-21(30)14-6-2-1-3-7-14/h1-13H,(H,26,30)(H,28,31)(H2,27,29,32,33). The SMILES string of the molecule is O=C(NNC(=S)NC(=O)c1sc2ccccc2c1Cl)c1ccc(NC(=O)c2ccccc2)cc1. The maximum absolute atomic E-state index is 12.5. The molecule has 34 heavy (non-hydrogen) atoms. The van der Waals surface area contributed by atoms with Crippen molar-refractivity contribution in [3.8, 4) is 0 Å². The van der Waals surface area contributed by atoms with Crippen LogP contribution in [-0.2, 0) is 0 Å². The highest BCUT2D eigenvalue weighted by atomic mass is 35.5. The van der Waals surface area contributed by atoms with Gasteiger partial charge in [0.2, 0.25) is 0 Å². The molecule has 0 bridgehead atoms. The van der Waals surface area contributed by atoms with Gasteiger partial charge in [0, 0.05) is 26.9 Å². The number of benzene rings is 3. The molecule has 4 rings (SSSR count). The number of amides is 3. The molecule has 3 aromatic carbocycles. The zero-order valence-electron chi connectivity index (χ0n) is 17.4. The van der Waals surface area contributed by atoms with Gasteiger partial charge in [-0.05, 0) is 54.7 Å². The van der Waals surface area contributed by atoms with Crippen molar-refractivity contribution >= 4 is 73.8 Å². The van der Waals surface area contributed by atoms with E-state index in [0.29, 0.717) is 26.7 Å². The van der Waals surface area contributed by atoms with E-state index in [1.807, 2.05) is 30.3 Å². The molecule has 3 amide bonds. The number of halogens is 1. The van der Waals surface area contributed by atoms with Crippen LogP contribution in [0, 0.1) is 0 Å². The van der Waals surface area contributed by atoms with Crippen LogP contribution < -0.4 is 21.5 Å². The molecule has 0 aliphatic heterocycles. The van der Waals surface area contributed by atoms with Gasteiger partial charge in [-0.2, -0.15) is 0 Å². The predicted molar refractivity (Wildman–Crippen MR) is 138 cm³/mol. The van der Waals surface area contributed by atoms with Crippen molar-refractivity contribution in [3.05, 3.63) is 99.9 Å². The highest BCUT2D eigenvalue weighted by Gasteiger charge is 2.18.